The summed E-state index contributed by atoms with van der Waals surface area (Å²) in [4.78, 5) is 0. The van der Waals surface area contributed by atoms with Crippen molar-refractivity contribution in [1.29, 1.82) is 0 Å². The van der Waals surface area contributed by atoms with Gasteiger partial charge in [-0.25, -0.2) is 0 Å². The summed E-state index contributed by atoms with van der Waals surface area (Å²) >= 11 is 0. The van der Waals surface area contributed by atoms with Gasteiger partial charge in [-0.15, -0.1) is 0 Å². The minimum absolute atomic E-state index is 0.283. The summed E-state index contributed by atoms with van der Waals surface area (Å²) in [5, 5.41) is 7.32. The van der Waals surface area contributed by atoms with Gasteiger partial charge in [-0.2, -0.15) is 0 Å². The first kappa shape index (κ1) is 13.9. The number of aryl methyl sites for hydroxylation is 1. The van der Waals surface area contributed by atoms with E-state index >= 15 is 0 Å². The molecular weight excluding hydrogens is 268 g/mol. The summed E-state index contributed by atoms with van der Waals surface area (Å²) in [5.41, 5.74) is 2.06. The van der Waals surface area contributed by atoms with Crippen molar-refractivity contribution in [3.8, 4) is 11.5 Å². The molecule has 5 heteroatoms. The first-order chi connectivity index (χ1) is 10.3. The second-order valence-electron chi connectivity index (χ2n) is 5.24. The van der Waals surface area contributed by atoms with Crippen LogP contribution in [0.15, 0.2) is 28.8 Å². The summed E-state index contributed by atoms with van der Waals surface area (Å²) in [7, 11) is 0. The third-order valence-electron chi connectivity index (χ3n) is 3.46. The molecule has 1 aliphatic heterocycles. The summed E-state index contributed by atoms with van der Waals surface area (Å²) in [6.45, 7) is 6.10. The molecule has 0 fully saturated rings. The Labute approximate surface area is 124 Å². The lowest BCUT2D eigenvalue weighted by molar-refractivity contribution is 0.247. The number of hydrogen-bond acceptors (Lipinski definition) is 5. The van der Waals surface area contributed by atoms with Gasteiger partial charge in [0, 0.05) is 17.7 Å². The Kier molecular flexibility index (Phi) is 4.10. The van der Waals surface area contributed by atoms with Crippen molar-refractivity contribution in [1.82, 2.24) is 10.5 Å². The normalized spacial score (nSPS) is 16.6. The smallest absolute Gasteiger partial charge is 0.174 e. The maximum absolute atomic E-state index is 5.73. The van der Waals surface area contributed by atoms with Gasteiger partial charge < -0.3 is 19.3 Å². The fraction of sp³-hybridized carbons (Fsp3) is 0.438. The number of ether oxygens (including phenoxy) is 2. The number of nitrogens with zero attached hydrogens (tertiary/aromatic N) is 1. The molecule has 3 rings (SSSR count). The number of benzene rings is 1. The van der Waals surface area contributed by atoms with E-state index in [1.165, 1.54) is 5.56 Å². The SMILES string of the molecule is CCCNC1COc2cc(OCc3cc(C)no3)ccc21. The molecule has 1 N–H and O–H groups in total. The Balaban J connectivity index is 1.64. The van der Waals surface area contributed by atoms with Gasteiger partial charge in [0.25, 0.3) is 0 Å². The second kappa shape index (κ2) is 6.18. The predicted octanol–water partition coefficient (Wildman–Crippen LogP) is 3.00. The first-order valence-corrected chi connectivity index (χ1v) is 7.31. The molecule has 0 aliphatic carbocycles. The number of hydrogen-bond donors (Lipinski definition) is 1. The van der Waals surface area contributed by atoms with E-state index in [-0.39, 0.29) is 6.04 Å². The molecule has 1 aliphatic rings. The van der Waals surface area contributed by atoms with E-state index in [0.29, 0.717) is 13.2 Å². The molecule has 5 nitrogen and oxygen atoms in total. The van der Waals surface area contributed by atoms with E-state index < -0.39 is 0 Å². The summed E-state index contributed by atoms with van der Waals surface area (Å²) < 4.78 is 16.6. The molecule has 21 heavy (non-hydrogen) atoms. The number of fused-ring (bicyclic) bond motifs is 1. The molecule has 0 radical (unpaired) electrons. The summed E-state index contributed by atoms with van der Waals surface area (Å²) in [5.74, 6) is 2.39. The number of nitrogens with one attached hydrogen (secondary N) is 1. The van der Waals surface area contributed by atoms with Crippen molar-refractivity contribution in [3.05, 3.63) is 41.3 Å². The molecule has 1 atom stereocenters. The Morgan fingerprint density at radius 1 is 1.38 bits per heavy atom. The fourth-order valence-corrected chi connectivity index (χ4v) is 2.41. The number of rotatable bonds is 6. The van der Waals surface area contributed by atoms with Crippen LogP contribution in [0.25, 0.3) is 0 Å². The predicted molar refractivity (Wildman–Crippen MR) is 78.5 cm³/mol. The van der Waals surface area contributed by atoms with E-state index in [9.17, 15) is 0 Å². The van der Waals surface area contributed by atoms with Crippen molar-refractivity contribution < 1.29 is 14.0 Å². The average molecular weight is 288 g/mol. The Morgan fingerprint density at radius 3 is 3.05 bits per heavy atom. The van der Waals surface area contributed by atoms with Crippen molar-refractivity contribution in [2.45, 2.75) is 32.9 Å². The van der Waals surface area contributed by atoms with Crippen molar-refractivity contribution in [2.24, 2.45) is 0 Å². The van der Waals surface area contributed by atoms with Crippen LogP contribution in [0, 0.1) is 6.92 Å². The molecule has 0 saturated carbocycles. The monoisotopic (exact) mass is 288 g/mol. The third-order valence-corrected chi connectivity index (χ3v) is 3.46. The molecule has 1 aromatic carbocycles. The lowest BCUT2D eigenvalue weighted by Crippen LogP contribution is -2.22. The van der Waals surface area contributed by atoms with Crippen LogP contribution in [0.3, 0.4) is 0 Å². The van der Waals surface area contributed by atoms with Gasteiger partial charge >= 0.3 is 0 Å². The second-order valence-corrected chi connectivity index (χ2v) is 5.24. The highest BCUT2D eigenvalue weighted by molar-refractivity contribution is 5.45. The first-order valence-electron chi connectivity index (χ1n) is 7.31. The molecule has 0 bridgehead atoms. The Morgan fingerprint density at radius 2 is 2.29 bits per heavy atom. The molecule has 2 heterocycles. The van der Waals surface area contributed by atoms with Crippen molar-refractivity contribution in [2.75, 3.05) is 13.2 Å². The molecule has 112 valence electrons. The van der Waals surface area contributed by atoms with Crippen molar-refractivity contribution in [3.63, 3.8) is 0 Å². The molecule has 0 saturated heterocycles. The summed E-state index contributed by atoms with van der Waals surface area (Å²) in [6, 6.07) is 8.13. The van der Waals surface area contributed by atoms with E-state index in [4.69, 9.17) is 14.0 Å². The standard InChI is InChI=1S/C16H20N2O3/c1-3-6-17-15-10-20-16-8-12(4-5-14(15)16)19-9-13-7-11(2)18-21-13/h4-5,7-8,15,17H,3,6,9-10H2,1-2H3. The Bertz CT molecular complexity index is 609. The van der Waals surface area contributed by atoms with Gasteiger partial charge in [-0.3, -0.25) is 0 Å². The summed E-state index contributed by atoms with van der Waals surface area (Å²) in [6.07, 6.45) is 1.11. The highest BCUT2D eigenvalue weighted by Crippen LogP contribution is 2.35. The minimum atomic E-state index is 0.283. The maximum Gasteiger partial charge on any atom is 0.174 e. The molecule has 0 amide bonds. The zero-order valence-corrected chi connectivity index (χ0v) is 12.4. The molecular formula is C16H20N2O3. The van der Waals surface area contributed by atoms with Crippen molar-refractivity contribution >= 4 is 0 Å². The average Bonchev–Trinajstić information content (AvgIpc) is 3.09. The fourth-order valence-electron chi connectivity index (χ4n) is 2.41. The quantitative estimate of drug-likeness (QED) is 0.885. The zero-order valence-electron chi connectivity index (χ0n) is 12.4. The number of aromatic nitrogens is 1. The van der Waals surface area contributed by atoms with Gasteiger partial charge in [0.2, 0.25) is 0 Å². The van der Waals surface area contributed by atoms with Crippen LogP contribution < -0.4 is 14.8 Å². The van der Waals surface area contributed by atoms with Crippen LogP contribution in [-0.4, -0.2) is 18.3 Å². The van der Waals surface area contributed by atoms with Gasteiger partial charge in [-0.05, 0) is 32.0 Å². The van der Waals surface area contributed by atoms with Crippen LogP contribution in [0.4, 0.5) is 0 Å². The van der Waals surface area contributed by atoms with E-state index in [2.05, 4.69) is 23.5 Å². The topological polar surface area (TPSA) is 56.5 Å². The molecule has 1 aromatic heterocycles. The van der Waals surface area contributed by atoms with Crippen LogP contribution >= 0.6 is 0 Å². The lowest BCUT2D eigenvalue weighted by atomic mass is 10.1. The van der Waals surface area contributed by atoms with E-state index in [1.54, 1.807) is 0 Å². The van der Waals surface area contributed by atoms with Crippen LogP contribution in [-0.2, 0) is 6.61 Å². The van der Waals surface area contributed by atoms with Crippen LogP contribution in [0.2, 0.25) is 0 Å². The molecule has 1 unspecified atom stereocenters. The third kappa shape index (κ3) is 3.19. The van der Waals surface area contributed by atoms with Gasteiger partial charge in [0.15, 0.2) is 5.76 Å². The zero-order chi connectivity index (χ0) is 14.7. The largest absolute Gasteiger partial charge is 0.491 e. The van der Waals surface area contributed by atoms with E-state index in [0.717, 1.165) is 35.9 Å². The lowest BCUT2D eigenvalue weighted by Gasteiger charge is -2.10. The van der Waals surface area contributed by atoms with Gasteiger partial charge in [0.1, 0.15) is 24.7 Å². The van der Waals surface area contributed by atoms with Gasteiger partial charge in [0.05, 0.1) is 11.7 Å². The molecule has 2 aromatic rings. The van der Waals surface area contributed by atoms with Gasteiger partial charge in [-0.1, -0.05) is 12.1 Å². The highest BCUT2D eigenvalue weighted by atomic mass is 16.5. The van der Waals surface area contributed by atoms with Crippen LogP contribution in [0.1, 0.15) is 36.4 Å². The highest BCUT2D eigenvalue weighted by Gasteiger charge is 2.23. The maximum atomic E-state index is 5.73. The molecule has 0 spiro atoms. The Hall–Kier alpha value is -2.01. The minimum Gasteiger partial charge on any atom is -0.491 e. The van der Waals surface area contributed by atoms with E-state index in [1.807, 2.05) is 25.1 Å². The van der Waals surface area contributed by atoms with Crippen LogP contribution in [0.5, 0.6) is 11.5 Å².